The third-order valence-corrected chi connectivity index (χ3v) is 24.4. The van der Waals surface area contributed by atoms with E-state index in [9.17, 15) is 43.5 Å². The van der Waals surface area contributed by atoms with Crippen molar-refractivity contribution in [2.24, 2.45) is 0 Å². The molecule has 0 aliphatic heterocycles. The summed E-state index contributed by atoms with van der Waals surface area (Å²) < 4.78 is 61.8. The van der Waals surface area contributed by atoms with Crippen LogP contribution in [-0.4, -0.2) is 95.9 Å². The highest BCUT2D eigenvalue weighted by atomic mass is 31.2. The molecule has 0 spiro atoms. The Morgan fingerprint density at radius 2 is 0.376 bits per heavy atom. The number of hydrogen-bond acceptors (Lipinski definition) is 14. The topological polar surface area (TPSA) is 231 Å². The van der Waals surface area contributed by atoms with Crippen LogP contribution in [0.2, 0.25) is 0 Å². The average Bonchev–Trinajstić information content (AvgIpc) is 0.896. The number of hydrogen-bond donors (Lipinski definition) is 4. The highest BCUT2D eigenvalue weighted by molar-refractivity contribution is 7.47. The predicted octanol–water partition coefficient (Wildman–Crippen LogP) is 34.2. The Labute approximate surface area is 813 Å². The molecule has 0 fully saturated rings. The van der Waals surface area contributed by atoms with Crippen molar-refractivity contribution in [2.75, 3.05) is 39.6 Å². The second-order valence-electron chi connectivity index (χ2n) is 35.3. The molecule has 0 rings (SSSR count). The maximum absolute atomic E-state index is 13.1. The molecule has 133 heavy (non-hydrogen) atoms. The van der Waals surface area contributed by atoms with Gasteiger partial charge in [0, 0.05) is 19.3 Å². The van der Waals surface area contributed by atoms with Gasteiger partial charge in [-0.25, -0.2) is 9.13 Å². The van der Waals surface area contributed by atoms with Crippen LogP contribution in [0.5, 0.6) is 0 Å². The van der Waals surface area contributed by atoms with E-state index >= 15 is 0 Å². The zero-order valence-corrected chi connectivity index (χ0v) is 86.1. The first-order valence-electron chi connectivity index (χ1n) is 53.4. The second kappa shape index (κ2) is 105. The van der Waals surface area contributed by atoms with Gasteiger partial charge in [0.2, 0.25) is 0 Å². The van der Waals surface area contributed by atoms with E-state index in [0.717, 1.165) is 193 Å². The summed E-state index contributed by atoms with van der Waals surface area (Å²) in [6.45, 7) is 2.40. The minimum absolute atomic E-state index is 0.0904. The van der Waals surface area contributed by atoms with Crippen LogP contribution in [0.15, 0.2) is 207 Å². The molecular weight excluding hydrogens is 1700 g/mol. The highest BCUT2D eigenvalue weighted by Gasteiger charge is 2.30. The normalized spacial score (nSPS) is 14.4. The monoisotopic (exact) mass is 1890 g/mol. The number of rotatable bonds is 100. The van der Waals surface area contributed by atoms with E-state index < -0.39 is 91.5 Å². The first-order valence-corrected chi connectivity index (χ1v) is 56.4. The van der Waals surface area contributed by atoms with Gasteiger partial charge in [-0.15, -0.1) is 0 Å². The van der Waals surface area contributed by atoms with Gasteiger partial charge in [-0.1, -0.05) is 465 Å². The lowest BCUT2D eigenvalue weighted by atomic mass is 10.0. The lowest BCUT2D eigenvalue weighted by Gasteiger charge is -2.21. The number of aliphatic hydroxyl groups excluding tert-OH is 2. The highest BCUT2D eigenvalue weighted by Crippen LogP contribution is 2.45. The lowest BCUT2D eigenvalue weighted by Crippen LogP contribution is -2.30. The van der Waals surface area contributed by atoms with E-state index in [1.165, 1.54) is 193 Å². The molecule has 760 valence electrons. The third kappa shape index (κ3) is 106. The summed E-state index contributed by atoms with van der Waals surface area (Å²) in [6.07, 6.45) is 143. The maximum atomic E-state index is 13.1. The van der Waals surface area contributed by atoms with Gasteiger partial charge in [-0.3, -0.25) is 32.5 Å². The van der Waals surface area contributed by atoms with Crippen LogP contribution in [-0.2, 0) is 55.8 Å². The Kier molecular flexibility index (Phi) is 100. The summed E-state index contributed by atoms with van der Waals surface area (Å²) in [7, 11) is -9.83. The van der Waals surface area contributed by atoms with Crippen LogP contribution >= 0.6 is 15.6 Å². The second-order valence-corrected chi connectivity index (χ2v) is 38.2. The predicted molar refractivity (Wildman–Crippen MR) is 564 cm³/mol. The minimum Gasteiger partial charge on any atom is -0.463 e. The van der Waals surface area contributed by atoms with Crippen LogP contribution in [0.25, 0.3) is 0 Å². The summed E-state index contributed by atoms with van der Waals surface area (Å²) >= 11 is 0. The smallest absolute Gasteiger partial charge is 0.463 e. The Bertz CT molecular complexity index is 3250. The van der Waals surface area contributed by atoms with Crippen molar-refractivity contribution in [1.29, 1.82) is 0 Å². The molecular formula is C115H194O16P2. The number of esters is 3. The SMILES string of the molecule is CC/C=C\C/C=C\C/C=C\C/C=C\C/C=C\C/C=C\CCCCCCCCCCCCCCCCCCC(=O)OCC(O)COP(=O)(O)OCC(O)COP(=O)(O)OCC(COC(=O)CCCCCCCCCCCCCCCCCCCCC/C=C\C/C=C\C/C=C\C/C=C\C/C=C\CC)OC(=O)CCCCCCCCCC/C=C\C/C=C\C/C=C\C/C=C\C/C=C\C/C=C\CC. The van der Waals surface area contributed by atoms with Crippen molar-refractivity contribution in [1.82, 2.24) is 0 Å². The van der Waals surface area contributed by atoms with Crippen molar-refractivity contribution < 1.29 is 75.8 Å². The Hall–Kier alpha value is -5.87. The molecule has 0 radical (unpaired) electrons. The summed E-state index contributed by atoms with van der Waals surface area (Å²) in [5.41, 5.74) is 0. The Balaban J connectivity index is 4.59. The van der Waals surface area contributed by atoms with E-state index in [-0.39, 0.29) is 19.3 Å². The maximum Gasteiger partial charge on any atom is 0.472 e. The van der Waals surface area contributed by atoms with Crippen LogP contribution in [0, 0.1) is 0 Å². The van der Waals surface area contributed by atoms with Gasteiger partial charge < -0.3 is 34.2 Å². The van der Waals surface area contributed by atoms with Gasteiger partial charge in [0.15, 0.2) is 6.10 Å². The van der Waals surface area contributed by atoms with E-state index in [1.54, 1.807) is 0 Å². The Morgan fingerprint density at radius 1 is 0.211 bits per heavy atom. The van der Waals surface area contributed by atoms with Gasteiger partial charge in [0.05, 0.1) is 26.4 Å². The molecule has 0 aliphatic rings. The van der Waals surface area contributed by atoms with Crippen LogP contribution in [0.1, 0.15) is 445 Å². The number of ether oxygens (including phenoxy) is 3. The van der Waals surface area contributed by atoms with E-state index in [4.69, 9.17) is 32.3 Å². The summed E-state index contributed by atoms with van der Waals surface area (Å²) in [6, 6.07) is 0. The molecule has 0 aromatic carbocycles. The first-order chi connectivity index (χ1) is 65.2. The quantitative estimate of drug-likeness (QED) is 0.0146. The number of unbranched alkanes of at least 4 members (excludes halogenated alkanes) is 43. The van der Waals surface area contributed by atoms with Crippen LogP contribution in [0.4, 0.5) is 0 Å². The van der Waals surface area contributed by atoms with Crippen molar-refractivity contribution in [3.8, 4) is 0 Å². The zero-order chi connectivity index (χ0) is 96.4. The van der Waals surface area contributed by atoms with Crippen molar-refractivity contribution in [3.05, 3.63) is 207 Å². The molecule has 0 aromatic rings. The van der Waals surface area contributed by atoms with Gasteiger partial charge in [-0.05, 0) is 167 Å². The number of aliphatic hydroxyl groups is 2. The fraction of sp³-hybridized carbons (Fsp3) is 0.678. The van der Waals surface area contributed by atoms with Gasteiger partial charge in [0.25, 0.3) is 0 Å². The van der Waals surface area contributed by atoms with Crippen LogP contribution in [0.3, 0.4) is 0 Å². The fourth-order valence-corrected chi connectivity index (χ4v) is 16.1. The molecule has 5 unspecified atom stereocenters. The first kappa shape index (κ1) is 127. The molecule has 0 saturated carbocycles. The zero-order valence-electron chi connectivity index (χ0n) is 84.4. The fourth-order valence-electron chi connectivity index (χ4n) is 14.6. The largest absolute Gasteiger partial charge is 0.472 e. The number of phosphoric acid groups is 2. The number of carbonyl (C=O) groups is 3. The molecule has 0 aromatic heterocycles. The van der Waals surface area contributed by atoms with Crippen LogP contribution < -0.4 is 0 Å². The molecule has 0 heterocycles. The van der Waals surface area contributed by atoms with E-state index in [0.29, 0.717) is 19.3 Å². The molecule has 4 N–H and O–H groups in total. The van der Waals surface area contributed by atoms with Gasteiger partial charge in [-0.2, -0.15) is 0 Å². The van der Waals surface area contributed by atoms with Crippen molar-refractivity contribution in [3.63, 3.8) is 0 Å². The third-order valence-electron chi connectivity index (χ3n) is 22.5. The molecule has 16 nitrogen and oxygen atoms in total. The minimum atomic E-state index is -4.95. The summed E-state index contributed by atoms with van der Waals surface area (Å²) in [5.74, 6) is -1.57. The molecule has 0 aliphatic carbocycles. The van der Waals surface area contributed by atoms with Crippen molar-refractivity contribution >= 4 is 33.6 Å². The Morgan fingerprint density at radius 3 is 0.594 bits per heavy atom. The molecule has 0 saturated heterocycles. The van der Waals surface area contributed by atoms with Gasteiger partial charge >= 0.3 is 33.6 Å². The van der Waals surface area contributed by atoms with Gasteiger partial charge in [0.1, 0.15) is 25.4 Å². The molecule has 0 bridgehead atoms. The van der Waals surface area contributed by atoms with Crippen molar-refractivity contribution in [2.45, 2.75) is 463 Å². The standard InChI is InChI=1S/C115H194O16P2/c1-4-7-10-13-16-19-22-25-28-31-34-37-40-43-46-48-50-52-54-56-58-60-63-65-68-71-74-77-80-83-86-89-92-95-98-101-113(118)125-104-110(116)105-127-132(121,122)128-106-111(117)107-129-133(123,124)130-109-112(131-115(120)103-100-97-94-91-88-85-82-79-76-73-70-67-62-45-42-39-36-33-30-27-24-21-18-15-12-9-6-3)108-126-114(119)102-99-96-93-90-87-84-81-78-75-72-69-66-64-61-59-57-55-53-51-49-47-44-41-38-35-32-29-26-23-20-17-14-11-8-5-2/h7-12,16-21,25-30,34-39,43-47,50,52,62,70,73,110-112,116-117H,4-6,13-15,22-24,31-33,40-42,48-49,51,53-61,63-69,71-72,74-109H2,1-3H3,(H,121,122)(H,123,124)/b10-7-,11-8-,12-9-,19-16-,20-17-,21-18-,28-25-,29-26-,30-27-,37-34-,38-35-,39-36-,46-43-,47-44-,52-50-,62-45-,73-70-. The number of phosphoric ester groups is 2. The summed E-state index contributed by atoms with van der Waals surface area (Å²) in [4.78, 5) is 59.3. The number of allylic oxidation sites excluding steroid dienone is 34. The molecule has 5 atom stereocenters. The summed E-state index contributed by atoms with van der Waals surface area (Å²) in [5, 5.41) is 20.8. The average molecular weight is 1890 g/mol. The number of carbonyl (C=O) groups excluding carboxylic acids is 3. The molecule has 0 amide bonds. The lowest BCUT2D eigenvalue weighted by molar-refractivity contribution is -0.161. The van der Waals surface area contributed by atoms with E-state index in [2.05, 4.69) is 227 Å². The molecule has 18 heteroatoms. The van der Waals surface area contributed by atoms with E-state index in [1.807, 2.05) is 0 Å².